The van der Waals surface area contributed by atoms with Gasteiger partial charge in [-0.15, -0.1) is 0 Å². The van der Waals surface area contributed by atoms with Crippen molar-refractivity contribution in [3.05, 3.63) is 29.8 Å². The van der Waals surface area contributed by atoms with E-state index in [9.17, 15) is 9.59 Å². The zero-order chi connectivity index (χ0) is 13.8. The second kappa shape index (κ2) is 5.68. The van der Waals surface area contributed by atoms with Gasteiger partial charge in [0.05, 0.1) is 12.3 Å². The van der Waals surface area contributed by atoms with Crippen LogP contribution < -0.4 is 4.90 Å². The molecule has 1 saturated heterocycles. The Morgan fingerprint density at radius 1 is 1.32 bits per heavy atom. The van der Waals surface area contributed by atoms with Crippen LogP contribution in [0.3, 0.4) is 0 Å². The Morgan fingerprint density at radius 3 is 2.53 bits per heavy atom. The summed E-state index contributed by atoms with van der Waals surface area (Å²) in [5.74, 6) is 5.17. The first kappa shape index (κ1) is 13.3. The molecule has 1 aliphatic rings. The SMILES string of the molecule is CC1CC(=O)N(c2ccc(C#CCCO)cc2)C1=O. The zero-order valence-corrected chi connectivity index (χ0v) is 10.7. The molecule has 1 N–H and O–H groups in total. The van der Waals surface area contributed by atoms with E-state index in [-0.39, 0.29) is 30.8 Å². The lowest BCUT2D eigenvalue weighted by Crippen LogP contribution is -2.29. The third-order valence-electron chi connectivity index (χ3n) is 2.97. The van der Waals surface area contributed by atoms with Crippen molar-refractivity contribution in [3.63, 3.8) is 0 Å². The number of nitrogens with zero attached hydrogens (tertiary/aromatic N) is 1. The van der Waals surface area contributed by atoms with Crippen molar-refractivity contribution in [3.8, 4) is 11.8 Å². The molecule has 1 fully saturated rings. The summed E-state index contributed by atoms with van der Waals surface area (Å²) in [6, 6.07) is 6.97. The number of amides is 2. The van der Waals surface area contributed by atoms with Crippen molar-refractivity contribution in [1.29, 1.82) is 0 Å². The maximum absolute atomic E-state index is 11.9. The Hall–Kier alpha value is -2.12. The number of imide groups is 1. The van der Waals surface area contributed by atoms with E-state index in [1.807, 2.05) is 0 Å². The summed E-state index contributed by atoms with van der Waals surface area (Å²) in [4.78, 5) is 24.8. The summed E-state index contributed by atoms with van der Waals surface area (Å²) in [5.41, 5.74) is 1.39. The Morgan fingerprint density at radius 2 is 2.00 bits per heavy atom. The fourth-order valence-corrected chi connectivity index (χ4v) is 1.97. The molecule has 98 valence electrons. The second-order valence-electron chi connectivity index (χ2n) is 4.49. The van der Waals surface area contributed by atoms with Crippen molar-refractivity contribution >= 4 is 17.5 Å². The molecule has 1 unspecified atom stereocenters. The van der Waals surface area contributed by atoms with Gasteiger partial charge in [0.25, 0.3) is 0 Å². The van der Waals surface area contributed by atoms with Crippen molar-refractivity contribution in [2.75, 3.05) is 11.5 Å². The molecule has 1 atom stereocenters. The molecule has 2 amide bonds. The van der Waals surface area contributed by atoms with E-state index >= 15 is 0 Å². The van der Waals surface area contributed by atoms with E-state index in [2.05, 4.69) is 11.8 Å². The molecular weight excluding hydrogens is 242 g/mol. The van der Waals surface area contributed by atoms with Crippen LogP contribution in [0.15, 0.2) is 24.3 Å². The minimum absolute atomic E-state index is 0.0414. The van der Waals surface area contributed by atoms with E-state index in [4.69, 9.17) is 5.11 Å². The number of hydrogen-bond donors (Lipinski definition) is 1. The second-order valence-corrected chi connectivity index (χ2v) is 4.49. The molecular formula is C15H15NO3. The van der Waals surface area contributed by atoms with Crippen molar-refractivity contribution < 1.29 is 14.7 Å². The van der Waals surface area contributed by atoms with Crippen LogP contribution in [0, 0.1) is 17.8 Å². The van der Waals surface area contributed by atoms with E-state index in [1.54, 1.807) is 31.2 Å². The van der Waals surface area contributed by atoms with Crippen LogP contribution in [0.4, 0.5) is 5.69 Å². The number of benzene rings is 1. The lowest BCUT2D eigenvalue weighted by atomic mass is 10.1. The molecule has 0 bridgehead atoms. The maximum atomic E-state index is 11.9. The highest BCUT2D eigenvalue weighted by atomic mass is 16.2. The monoisotopic (exact) mass is 257 g/mol. The van der Waals surface area contributed by atoms with Crippen molar-refractivity contribution in [2.45, 2.75) is 19.8 Å². The summed E-state index contributed by atoms with van der Waals surface area (Å²) in [6.07, 6.45) is 0.708. The lowest BCUT2D eigenvalue weighted by molar-refractivity contribution is -0.122. The Labute approximate surface area is 112 Å². The molecule has 0 saturated carbocycles. The lowest BCUT2D eigenvalue weighted by Gasteiger charge is -2.14. The van der Waals surface area contributed by atoms with Crippen LogP contribution in [0.1, 0.15) is 25.3 Å². The smallest absolute Gasteiger partial charge is 0.237 e. The van der Waals surface area contributed by atoms with Crippen LogP contribution in [-0.2, 0) is 9.59 Å². The summed E-state index contributed by atoms with van der Waals surface area (Å²) in [6.45, 7) is 1.80. The highest BCUT2D eigenvalue weighted by Crippen LogP contribution is 2.26. The summed E-state index contributed by atoms with van der Waals surface area (Å²) < 4.78 is 0. The average Bonchev–Trinajstić information content (AvgIpc) is 2.65. The molecule has 2 rings (SSSR count). The van der Waals surface area contributed by atoms with E-state index in [0.29, 0.717) is 12.1 Å². The summed E-state index contributed by atoms with van der Waals surface area (Å²) in [5, 5.41) is 8.63. The molecule has 1 heterocycles. The standard InChI is InChI=1S/C15H15NO3/c1-11-10-14(18)16(15(11)19)13-7-5-12(6-8-13)4-2-3-9-17/h5-8,11,17H,3,9-10H2,1H3. The third-order valence-corrected chi connectivity index (χ3v) is 2.97. The zero-order valence-electron chi connectivity index (χ0n) is 10.7. The molecule has 0 spiro atoms. The number of aliphatic hydroxyl groups excluding tert-OH is 1. The molecule has 1 aromatic rings. The number of carbonyl (C=O) groups excluding carboxylic acids is 2. The molecule has 0 aromatic heterocycles. The normalized spacial score (nSPS) is 18.4. The van der Waals surface area contributed by atoms with E-state index in [1.165, 1.54) is 4.90 Å². The van der Waals surface area contributed by atoms with Crippen LogP contribution in [0.25, 0.3) is 0 Å². The van der Waals surface area contributed by atoms with Gasteiger partial charge >= 0.3 is 0 Å². The van der Waals surface area contributed by atoms with Gasteiger partial charge in [0.15, 0.2) is 0 Å². The third kappa shape index (κ3) is 2.83. The van der Waals surface area contributed by atoms with E-state index in [0.717, 1.165) is 5.56 Å². The first-order valence-electron chi connectivity index (χ1n) is 6.20. The van der Waals surface area contributed by atoms with Crippen molar-refractivity contribution in [1.82, 2.24) is 0 Å². The predicted octanol–water partition coefficient (Wildman–Crippen LogP) is 1.32. The first-order chi connectivity index (χ1) is 9.13. The molecule has 0 radical (unpaired) electrons. The number of rotatable bonds is 2. The van der Waals surface area contributed by atoms with Gasteiger partial charge in [-0.05, 0) is 24.3 Å². The fourth-order valence-electron chi connectivity index (χ4n) is 1.97. The van der Waals surface area contributed by atoms with Gasteiger partial charge in [-0.3, -0.25) is 14.5 Å². The Kier molecular flexibility index (Phi) is 3.98. The van der Waals surface area contributed by atoms with Crippen LogP contribution in [0.5, 0.6) is 0 Å². The van der Waals surface area contributed by atoms with Gasteiger partial charge in [-0.1, -0.05) is 18.8 Å². The van der Waals surface area contributed by atoms with E-state index < -0.39 is 0 Å². The molecule has 1 aliphatic heterocycles. The van der Waals surface area contributed by atoms with Gasteiger partial charge < -0.3 is 5.11 Å². The van der Waals surface area contributed by atoms with Gasteiger partial charge in [0.1, 0.15) is 0 Å². The van der Waals surface area contributed by atoms with Gasteiger partial charge in [0, 0.05) is 24.3 Å². The first-order valence-corrected chi connectivity index (χ1v) is 6.20. The largest absolute Gasteiger partial charge is 0.395 e. The van der Waals surface area contributed by atoms with Crippen LogP contribution in [-0.4, -0.2) is 23.5 Å². The van der Waals surface area contributed by atoms with Crippen LogP contribution >= 0.6 is 0 Å². The quantitative estimate of drug-likeness (QED) is 0.642. The predicted molar refractivity (Wildman–Crippen MR) is 71.3 cm³/mol. The molecule has 0 aliphatic carbocycles. The fraction of sp³-hybridized carbons (Fsp3) is 0.333. The Balaban J connectivity index is 2.17. The molecule has 19 heavy (non-hydrogen) atoms. The summed E-state index contributed by atoms with van der Waals surface area (Å²) >= 11 is 0. The Bertz CT molecular complexity index is 551. The van der Waals surface area contributed by atoms with Gasteiger partial charge in [0.2, 0.25) is 11.8 Å². The maximum Gasteiger partial charge on any atom is 0.237 e. The summed E-state index contributed by atoms with van der Waals surface area (Å²) in [7, 11) is 0. The number of hydrogen-bond acceptors (Lipinski definition) is 3. The number of carbonyl (C=O) groups is 2. The highest BCUT2D eigenvalue weighted by Gasteiger charge is 2.36. The highest BCUT2D eigenvalue weighted by molar-refractivity contribution is 6.20. The van der Waals surface area contributed by atoms with Gasteiger partial charge in [-0.2, -0.15) is 0 Å². The minimum atomic E-state index is -0.239. The van der Waals surface area contributed by atoms with Crippen LogP contribution in [0.2, 0.25) is 0 Å². The van der Waals surface area contributed by atoms with Gasteiger partial charge in [-0.25, -0.2) is 0 Å². The number of anilines is 1. The molecule has 4 nitrogen and oxygen atoms in total. The molecule has 1 aromatic carbocycles. The number of aliphatic hydroxyl groups is 1. The minimum Gasteiger partial charge on any atom is -0.395 e. The average molecular weight is 257 g/mol. The van der Waals surface area contributed by atoms with Crippen molar-refractivity contribution in [2.24, 2.45) is 5.92 Å². The topological polar surface area (TPSA) is 57.6 Å². The molecule has 4 heteroatoms.